The van der Waals surface area contributed by atoms with Crippen LogP contribution in [-0.2, 0) is 9.53 Å². The molecule has 1 aliphatic carbocycles. The van der Waals surface area contributed by atoms with Crippen molar-refractivity contribution in [3.63, 3.8) is 0 Å². The highest BCUT2D eigenvalue weighted by Crippen LogP contribution is 2.21. The van der Waals surface area contributed by atoms with Crippen LogP contribution in [0.25, 0.3) is 0 Å². The quantitative estimate of drug-likeness (QED) is 0.698. The summed E-state index contributed by atoms with van der Waals surface area (Å²) in [5, 5.41) is 15.5. The molecule has 1 rings (SSSR count). The summed E-state index contributed by atoms with van der Waals surface area (Å²) in [5.41, 5.74) is -0.512. The van der Waals surface area contributed by atoms with Crippen LogP contribution >= 0.6 is 0 Å². The predicted molar refractivity (Wildman–Crippen MR) is 89.4 cm³/mol. The molecule has 0 aromatic rings. The summed E-state index contributed by atoms with van der Waals surface area (Å²) in [7, 11) is 0. The number of carboxylic acid groups (broad SMARTS) is 1. The SMILES string of the molecule is CC(C)CC(NC1CCCC(NC(=O)OC(C)(C)C)C1)C(=O)O. The van der Waals surface area contributed by atoms with E-state index in [9.17, 15) is 14.7 Å². The molecule has 0 radical (unpaired) electrons. The number of carbonyl (C=O) groups excluding carboxylic acids is 1. The van der Waals surface area contributed by atoms with Gasteiger partial charge in [0.2, 0.25) is 0 Å². The van der Waals surface area contributed by atoms with Gasteiger partial charge in [-0.05, 0) is 58.8 Å². The third-order valence-corrected chi connectivity index (χ3v) is 3.84. The highest BCUT2D eigenvalue weighted by Gasteiger charge is 2.28. The van der Waals surface area contributed by atoms with Crippen molar-refractivity contribution in [2.45, 2.75) is 90.4 Å². The molecule has 0 saturated heterocycles. The molecule has 0 bridgehead atoms. The Morgan fingerprint density at radius 3 is 2.35 bits per heavy atom. The first-order valence-electron chi connectivity index (χ1n) is 8.55. The van der Waals surface area contributed by atoms with Gasteiger partial charge in [-0.3, -0.25) is 4.79 Å². The summed E-state index contributed by atoms with van der Waals surface area (Å²) in [5.74, 6) is -0.483. The lowest BCUT2D eigenvalue weighted by Crippen LogP contribution is -2.50. The van der Waals surface area contributed by atoms with Crippen LogP contribution in [0.4, 0.5) is 4.79 Å². The molecule has 1 fully saturated rings. The summed E-state index contributed by atoms with van der Waals surface area (Å²) in [6.07, 6.45) is 3.75. The van der Waals surface area contributed by atoms with Gasteiger partial charge in [0.15, 0.2) is 0 Å². The number of aliphatic carboxylic acids is 1. The van der Waals surface area contributed by atoms with Crippen LogP contribution in [0.15, 0.2) is 0 Å². The number of carboxylic acids is 1. The molecule has 0 spiro atoms. The minimum Gasteiger partial charge on any atom is -0.480 e. The third-order valence-electron chi connectivity index (χ3n) is 3.84. The number of ether oxygens (including phenoxy) is 1. The third kappa shape index (κ3) is 8.21. The molecular formula is C17H32N2O4. The number of rotatable bonds is 6. The highest BCUT2D eigenvalue weighted by molar-refractivity contribution is 5.73. The van der Waals surface area contributed by atoms with E-state index in [0.717, 1.165) is 25.7 Å². The fourth-order valence-corrected chi connectivity index (χ4v) is 2.94. The second-order valence-corrected chi connectivity index (χ2v) is 7.89. The Morgan fingerprint density at radius 1 is 1.22 bits per heavy atom. The van der Waals surface area contributed by atoms with Crippen molar-refractivity contribution in [1.29, 1.82) is 0 Å². The van der Waals surface area contributed by atoms with E-state index in [2.05, 4.69) is 10.6 Å². The Kier molecular flexibility index (Phi) is 7.32. The lowest BCUT2D eigenvalue weighted by Gasteiger charge is -2.33. The number of alkyl carbamates (subject to hydrolysis) is 1. The fraction of sp³-hybridized carbons (Fsp3) is 0.882. The maximum atomic E-state index is 11.9. The van der Waals surface area contributed by atoms with Gasteiger partial charge >= 0.3 is 12.1 Å². The van der Waals surface area contributed by atoms with Crippen LogP contribution in [-0.4, -0.2) is 40.9 Å². The molecule has 1 amide bonds. The topological polar surface area (TPSA) is 87.7 Å². The molecule has 23 heavy (non-hydrogen) atoms. The van der Waals surface area contributed by atoms with Gasteiger partial charge in [0.1, 0.15) is 11.6 Å². The van der Waals surface area contributed by atoms with E-state index in [4.69, 9.17) is 4.74 Å². The molecule has 134 valence electrons. The van der Waals surface area contributed by atoms with Crippen LogP contribution in [0.3, 0.4) is 0 Å². The number of nitrogens with one attached hydrogen (secondary N) is 2. The lowest BCUT2D eigenvalue weighted by molar-refractivity contribution is -0.140. The van der Waals surface area contributed by atoms with E-state index in [1.54, 1.807) is 0 Å². The summed E-state index contributed by atoms with van der Waals surface area (Å²) >= 11 is 0. The zero-order chi connectivity index (χ0) is 17.6. The molecule has 6 nitrogen and oxygen atoms in total. The lowest BCUT2D eigenvalue weighted by atomic mass is 9.90. The van der Waals surface area contributed by atoms with Gasteiger partial charge in [-0.1, -0.05) is 13.8 Å². The summed E-state index contributed by atoms with van der Waals surface area (Å²) in [6.45, 7) is 9.54. The summed E-state index contributed by atoms with van der Waals surface area (Å²) < 4.78 is 5.28. The first-order chi connectivity index (χ1) is 10.6. The van der Waals surface area contributed by atoms with Crippen molar-refractivity contribution >= 4 is 12.1 Å². The van der Waals surface area contributed by atoms with Crippen LogP contribution in [0.1, 0.15) is 66.7 Å². The highest BCUT2D eigenvalue weighted by atomic mass is 16.6. The molecule has 1 aliphatic rings. The zero-order valence-electron chi connectivity index (χ0n) is 15.0. The molecule has 3 unspecified atom stereocenters. The van der Waals surface area contributed by atoms with Crippen molar-refractivity contribution in [2.24, 2.45) is 5.92 Å². The first-order valence-corrected chi connectivity index (χ1v) is 8.55. The van der Waals surface area contributed by atoms with E-state index in [0.29, 0.717) is 12.3 Å². The minimum atomic E-state index is -0.805. The molecule has 0 aliphatic heterocycles. The molecule has 1 saturated carbocycles. The predicted octanol–water partition coefficient (Wildman–Crippen LogP) is 2.91. The van der Waals surface area contributed by atoms with E-state index in [1.165, 1.54) is 0 Å². The minimum absolute atomic E-state index is 0.0320. The number of hydrogen-bond acceptors (Lipinski definition) is 4. The Morgan fingerprint density at radius 2 is 1.83 bits per heavy atom. The van der Waals surface area contributed by atoms with Crippen molar-refractivity contribution in [3.8, 4) is 0 Å². The largest absolute Gasteiger partial charge is 0.480 e. The second kappa shape index (κ2) is 8.52. The van der Waals surface area contributed by atoms with Crippen molar-refractivity contribution in [2.75, 3.05) is 0 Å². The first kappa shape index (κ1) is 19.7. The second-order valence-electron chi connectivity index (χ2n) is 7.89. The Labute approximate surface area is 139 Å². The molecular weight excluding hydrogens is 296 g/mol. The maximum absolute atomic E-state index is 11.9. The van der Waals surface area contributed by atoms with Gasteiger partial charge in [-0.2, -0.15) is 0 Å². The van der Waals surface area contributed by atoms with Crippen LogP contribution in [0, 0.1) is 5.92 Å². The molecule has 0 aromatic heterocycles. The van der Waals surface area contributed by atoms with Crippen molar-refractivity contribution in [1.82, 2.24) is 10.6 Å². The van der Waals surface area contributed by atoms with Gasteiger partial charge in [0, 0.05) is 12.1 Å². The monoisotopic (exact) mass is 328 g/mol. The van der Waals surface area contributed by atoms with Crippen molar-refractivity contribution < 1.29 is 19.4 Å². The Bertz CT molecular complexity index is 404. The average molecular weight is 328 g/mol. The van der Waals surface area contributed by atoms with Crippen molar-refractivity contribution in [3.05, 3.63) is 0 Å². The van der Waals surface area contributed by atoms with Gasteiger partial charge in [-0.15, -0.1) is 0 Å². The number of carbonyl (C=O) groups is 2. The van der Waals surface area contributed by atoms with E-state index >= 15 is 0 Å². The van der Waals surface area contributed by atoms with Crippen LogP contribution in [0.5, 0.6) is 0 Å². The molecule has 3 atom stereocenters. The van der Waals surface area contributed by atoms with Gasteiger partial charge in [-0.25, -0.2) is 4.79 Å². The Balaban J connectivity index is 2.50. The summed E-state index contributed by atoms with van der Waals surface area (Å²) in [4.78, 5) is 23.2. The standard InChI is InChI=1S/C17H32N2O4/c1-11(2)9-14(15(20)21)18-12-7-6-8-13(10-12)19-16(22)23-17(3,4)5/h11-14,18H,6-10H2,1-5H3,(H,19,22)(H,20,21). The number of amides is 1. The zero-order valence-corrected chi connectivity index (χ0v) is 15.0. The van der Waals surface area contributed by atoms with E-state index in [1.807, 2.05) is 34.6 Å². The molecule has 0 heterocycles. The fourth-order valence-electron chi connectivity index (χ4n) is 2.94. The van der Waals surface area contributed by atoms with Crippen LogP contribution < -0.4 is 10.6 Å². The molecule has 0 aromatic carbocycles. The normalized spacial score (nSPS) is 23.4. The smallest absolute Gasteiger partial charge is 0.407 e. The van der Waals surface area contributed by atoms with Gasteiger partial charge < -0.3 is 20.5 Å². The van der Waals surface area contributed by atoms with Crippen LogP contribution in [0.2, 0.25) is 0 Å². The molecule has 3 N–H and O–H groups in total. The Hall–Kier alpha value is -1.30. The maximum Gasteiger partial charge on any atom is 0.407 e. The average Bonchev–Trinajstić information content (AvgIpc) is 2.35. The molecule has 6 heteroatoms. The number of hydrogen-bond donors (Lipinski definition) is 3. The van der Waals surface area contributed by atoms with E-state index < -0.39 is 23.7 Å². The van der Waals surface area contributed by atoms with E-state index in [-0.39, 0.29) is 12.1 Å². The van der Waals surface area contributed by atoms with Gasteiger partial charge in [0.05, 0.1) is 0 Å². The van der Waals surface area contributed by atoms with Gasteiger partial charge in [0.25, 0.3) is 0 Å². The summed E-state index contributed by atoms with van der Waals surface area (Å²) in [6, 6.07) is -0.381.